The van der Waals surface area contributed by atoms with E-state index >= 15 is 0 Å². The van der Waals surface area contributed by atoms with Gasteiger partial charge in [0, 0.05) is 12.2 Å². The van der Waals surface area contributed by atoms with E-state index in [9.17, 15) is 4.79 Å². The Morgan fingerprint density at radius 1 is 1.57 bits per heavy atom. The number of halogens is 1. The molecular weight excluding hydrogens is 202 g/mol. The Balaban J connectivity index is 2.42. The van der Waals surface area contributed by atoms with E-state index in [1.165, 1.54) is 5.56 Å². The van der Waals surface area contributed by atoms with Gasteiger partial charge in [0.15, 0.2) is 0 Å². The highest BCUT2D eigenvalue weighted by atomic mass is 35.5. The molecule has 5 heteroatoms. The third-order valence-electron chi connectivity index (χ3n) is 2.10. The van der Waals surface area contributed by atoms with Gasteiger partial charge in [-0.3, -0.25) is 9.89 Å². The topological polar surface area (TPSA) is 57.8 Å². The van der Waals surface area contributed by atoms with Crippen molar-refractivity contribution in [2.75, 3.05) is 12.4 Å². The van der Waals surface area contributed by atoms with Crippen molar-refractivity contribution in [1.29, 1.82) is 0 Å². The fourth-order valence-electron chi connectivity index (χ4n) is 1.32. The molecule has 0 radical (unpaired) electrons. The molecule has 0 aliphatic rings. The summed E-state index contributed by atoms with van der Waals surface area (Å²) in [6.45, 7) is 4.52. The molecule has 0 saturated carbocycles. The third-order valence-corrected chi connectivity index (χ3v) is 2.34. The van der Waals surface area contributed by atoms with E-state index in [2.05, 4.69) is 15.5 Å². The maximum absolute atomic E-state index is 10.8. The van der Waals surface area contributed by atoms with E-state index in [4.69, 9.17) is 11.6 Å². The van der Waals surface area contributed by atoms with E-state index in [1.807, 2.05) is 13.8 Å². The lowest BCUT2D eigenvalue weighted by atomic mass is 10.1. The zero-order valence-corrected chi connectivity index (χ0v) is 9.11. The van der Waals surface area contributed by atoms with Crippen LogP contribution in [-0.2, 0) is 11.2 Å². The first-order chi connectivity index (χ1) is 6.65. The molecule has 78 valence electrons. The number of hydrogen-bond acceptors (Lipinski definition) is 2. The monoisotopic (exact) mass is 215 g/mol. The first kappa shape index (κ1) is 11.0. The molecule has 0 spiro atoms. The molecule has 4 nitrogen and oxygen atoms in total. The summed E-state index contributed by atoms with van der Waals surface area (Å²) in [6.07, 6.45) is 0.788. The Bertz CT molecular complexity index is 302. The largest absolute Gasteiger partial charge is 0.355 e. The molecule has 1 heterocycles. The van der Waals surface area contributed by atoms with Crippen LogP contribution in [0.4, 0.5) is 0 Å². The van der Waals surface area contributed by atoms with Gasteiger partial charge < -0.3 is 5.32 Å². The lowest BCUT2D eigenvalue weighted by Gasteiger charge is -2.02. The van der Waals surface area contributed by atoms with E-state index in [0.29, 0.717) is 6.54 Å². The maximum Gasteiger partial charge on any atom is 0.234 e. The average molecular weight is 216 g/mol. The fourth-order valence-corrected chi connectivity index (χ4v) is 1.41. The van der Waals surface area contributed by atoms with Gasteiger partial charge >= 0.3 is 0 Å². The lowest BCUT2D eigenvalue weighted by Crippen LogP contribution is -2.26. The van der Waals surface area contributed by atoms with Crippen molar-refractivity contribution >= 4 is 17.5 Å². The summed E-state index contributed by atoms with van der Waals surface area (Å²) in [6, 6.07) is 0. The molecule has 0 saturated heterocycles. The molecule has 2 N–H and O–H groups in total. The molecule has 1 amide bonds. The molecular formula is C9H14ClN3O. The van der Waals surface area contributed by atoms with Crippen LogP contribution in [0, 0.1) is 13.8 Å². The van der Waals surface area contributed by atoms with Crippen molar-refractivity contribution in [3.63, 3.8) is 0 Å². The average Bonchev–Trinajstić information content (AvgIpc) is 2.48. The van der Waals surface area contributed by atoms with Crippen LogP contribution in [0.25, 0.3) is 0 Å². The van der Waals surface area contributed by atoms with Gasteiger partial charge in [-0.2, -0.15) is 5.10 Å². The molecule has 0 bridgehead atoms. The van der Waals surface area contributed by atoms with Gasteiger partial charge in [-0.05, 0) is 25.8 Å². The highest BCUT2D eigenvalue weighted by Crippen LogP contribution is 2.08. The normalized spacial score (nSPS) is 10.2. The van der Waals surface area contributed by atoms with Gasteiger partial charge in [-0.15, -0.1) is 11.6 Å². The van der Waals surface area contributed by atoms with Gasteiger partial charge in [-0.25, -0.2) is 0 Å². The van der Waals surface area contributed by atoms with Crippen molar-refractivity contribution in [2.45, 2.75) is 20.3 Å². The standard InChI is InChI=1S/C9H14ClN3O/c1-6-8(7(2)13-12-6)3-4-11-9(14)5-10/h3-5H2,1-2H3,(H,11,14)(H,12,13). The zero-order valence-electron chi connectivity index (χ0n) is 8.35. The van der Waals surface area contributed by atoms with Crippen molar-refractivity contribution in [1.82, 2.24) is 15.5 Å². The molecule has 0 atom stereocenters. The number of H-pyrrole nitrogens is 1. The van der Waals surface area contributed by atoms with Crippen molar-refractivity contribution < 1.29 is 4.79 Å². The van der Waals surface area contributed by atoms with Gasteiger partial charge in [-0.1, -0.05) is 0 Å². The highest BCUT2D eigenvalue weighted by molar-refractivity contribution is 6.27. The van der Waals surface area contributed by atoms with Crippen LogP contribution in [-0.4, -0.2) is 28.5 Å². The number of hydrogen-bond donors (Lipinski definition) is 2. The van der Waals surface area contributed by atoms with Crippen LogP contribution in [0.5, 0.6) is 0 Å². The molecule has 0 aromatic carbocycles. The molecule has 1 aromatic rings. The maximum atomic E-state index is 10.8. The number of aromatic amines is 1. The number of alkyl halides is 1. The summed E-state index contributed by atoms with van der Waals surface area (Å²) in [7, 11) is 0. The summed E-state index contributed by atoms with van der Waals surface area (Å²) in [4.78, 5) is 10.8. The Labute approximate surface area is 88.0 Å². The Morgan fingerprint density at radius 2 is 2.29 bits per heavy atom. The summed E-state index contributed by atoms with van der Waals surface area (Å²) < 4.78 is 0. The van der Waals surface area contributed by atoms with Gasteiger partial charge in [0.1, 0.15) is 5.88 Å². The second kappa shape index (κ2) is 5.00. The number of aryl methyl sites for hydroxylation is 2. The molecule has 1 aromatic heterocycles. The second-order valence-corrected chi connectivity index (χ2v) is 3.41. The summed E-state index contributed by atoms with van der Waals surface area (Å²) in [5.74, 6) is -0.117. The molecule has 0 fully saturated rings. The van der Waals surface area contributed by atoms with E-state index in [0.717, 1.165) is 17.8 Å². The van der Waals surface area contributed by atoms with Crippen LogP contribution in [0.15, 0.2) is 0 Å². The van der Waals surface area contributed by atoms with Crippen LogP contribution in [0.2, 0.25) is 0 Å². The molecule has 0 aliphatic carbocycles. The Kier molecular flexibility index (Phi) is 3.95. The first-order valence-electron chi connectivity index (χ1n) is 4.48. The molecule has 1 rings (SSSR count). The lowest BCUT2D eigenvalue weighted by molar-refractivity contribution is -0.118. The number of aromatic nitrogens is 2. The number of amides is 1. The SMILES string of the molecule is Cc1n[nH]c(C)c1CCNC(=O)CCl. The minimum absolute atomic E-state index is 0.0172. The van der Waals surface area contributed by atoms with Crippen molar-refractivity contribution in [2.24, 2.45) is 0 Å². The predicted octanol–water partition coefficient (Wildman–Crippen LogP) is 0.924. The highest BCUT2D eigenvalue weighted by Gasteiger charge is 2.06. The van der Waals surface area contributed by atoms with Gasteiger partial charge in [0.05, 0.1) is 5.69 Å². The fraction of sp³-hybridized carbons (Fsp3) is 0.556. The van der Waals surface area contributed by atoms with E-state index in [1.54, 1.807) is 0 Å². The Hall–Kier alpha value is -1.03. The van der Waals surface area contributed by atoms with Crippen LogP contribution < -0.4 is 5.32 Å². The number of rotatable bonds is 4. The first-order valence-corrected chi connectivity index (χ1v) is 5.01. The number of carbonyl (C=O) groups excluding carboxylic acids is 1. The van der Waals surface area contributed by atoms with E-state index < -0.39 is 0 Å². The number of nitrogens with one attached hydrogen (secondary N) is 2. The quantitative estimate of drug-likeness (QED) is 0.734. The Morgan fingerprint density at radius 3 is 2.79 bits per heavy atom. The number of nitrogens with zero attached hydrogens (tertiary/aromatic N) is 1. The summed E-state index contributed by atoms with van der Waals surface area (Å²) in [5.41, 5.74) is 3.21. The molecule has 0 aliphatic heterocycles. The van der Waals surface area contributed by atoms with Gasteiger partial charge in [0.2, 0.25) is 5.91 Å². The number of carbonyl (C=O) groups is 1. The van der Waals surface area contributed by atoms with Crippen LogP contribution >= 0.6 is 11.6 Å². The van der Waals surface area contributed by atoms with Crippen LogP contribution in [0.1, 0.15) is 17.0 Å². The summed E-state index contributed by atoms with van der Waals surface area (Å²) >= 11 is 5.34. The van der Waals surface area contributed by atoms with Crippen molar-refractivity contribution in [3.05, 3.63) is 17.0 Å². The van der Waals surface area contributed by atoms with Gasteiger partial charge in [0.25, 0.3) is 0 Å². The van der Waals surface area contributed by atoms with Crippen LogP contribution in [0.3, 0.4) is 0 Å². The second-order valence-electron chi connectivity index (χ2n) is 3.15. The van der Waals surface area contributed by atoms with E-state index in [-0.39, 0.29) is 11.8 Å². The smallest absolute Gasteiger partial charge is 0.234 e. The third kappa shape index (κ3) is 2.73. The molecule has 14 heavy (non-hydrogen) atoms. The van der Waals surface area contributed by atoms with Crippen molar-refractivity contribution in [3.8, 4) is 0 Å². The minimum Gasteiger partial charge on any atom is -0.355 e. The minimum atomic E-state index is -0.134. The summed E-state index contributed by atoms with van der Waals surface area (Å²) in [5, 5.41) is 9.68. The molecule has 0 unspecified atom stereocenters. The predicted molar refractivity (Wildman–Crippen MR) is 55.5 cm³/mol. The zero-order chi connectivity index (χ0) is 10.6.